The Labute approximate surface area is 189 Å². The van der Waals surface area contributed by atoms with E-state index < -0.39 is 0 Å². The van der Waals surface area contributed by atoms with Crippen molar-refractivity contribution in [3.05, 3.63) is 18.6 Å². The lowest BCUT2D eigenvalue weighted by molar-refractivity contribution is 0.248. The standard InChI is InChI=1S/C20H26N8OS2/c1-3-30-20-26-19(31-27-20)25-18(29)24-13-6-11-8-14(9-12(11)7-13)28(2)17-15-4-5-21-16(15)22-10-23-17/h4-5,10-14H,3,6-9H2,1-2H3,(H,21,22,23)(H2,24,25,26,27,29)/t11-,12?,13-,14-/m1/s1. The lowest BCUT2D eigenvalue weighted by atomic mass is 10.0. The van der Waals surface area contributed by atoms with Gasteiger partial charge in [-0.3, -0.25) is 5.32 Å². The molecule has 0 aromatic carbocycles. The second-order valence-corrected chi connectivity index (χ2v) is 10.3. The van der Waals surface area contributed by atoms with E-state index in [2.05, 4.69) is 53.8 Å². The van der Waals surface area contributed by atoms with Crippen LogP contribution < -0.4 is 15.5 Å². The van der Waals surface area contributed by atoms with Gasteiger partial charge in [0.1, 0.15) is 17.8 Å². The number of hydrogen-bond acceptors (Lipinski definition) is 8. The maximum absolute atomic E-state index is 12.4. The van der Waals surface area contributed by atoms with Gasteiger partial charge in [0.15, 0.2) is 0 Å². The van der Waals surface area contributed by atoms with E-state index in [-0.39, 0.29) is 12.1 Å². The molecule has 0 saturated heterocycles. The zero-order chi connectivity index (χ0) is 21.4. The minimum atomic E-state index is -0.182. The van der Waals surface area contributed by atoms with Crippen molar-refractivity contribution in [1.82, 2.24) is 29.6 Å². The molecule has 4 atom stereocenters. The summed E-state index contributed by atoms with van der Waals surface area (Å²) in [7, 11) is 2.14. The highest BCUT2D eigenvalue weighted by atomic mass is 32.2. The molecule has 9 nitrogen and oxygen atoms in total. The Hall–Kier alpha value is -2.40. The molecule has 3 aromatic heterocycles. The molecule has 31 heavy (non-hydrogen) atoms. The van der Waals surface area contributed by atoms with Crippen LogP contribution in [0.2, 0.25) is 0 Å². The Morgan fingerprint density at radius 3 is 2.87 bits per heavy atom. The van der Waals surface area contributed by atoms with Gasteiger partial charge < -0.3 is 15.2 Å². The van der Waals surface area contributed by atoms with Crippen molar-refractivity contribution in [2.75, 3.05) is 23.0 Å². The number of rotatable bonds is 6. The first kappa shape index (κ1) is 20.5. The van der Waals surface area contributed by atoms with Crippen LogP contribution in [-0.4, -0.2) is 55.2 Å². The van der Waals surface area contributed by atoms with E-state index in [1.165, 1.54) is 11.5 Å². The number of nitrogens with zero attached hydrogens (tertiary/aromatic N) is 5. The number of urea groups is 1. The van der Waals surface area contributed by atoms with Crippen molar-refractivity contribution in [3.8, 4) is 0 Å². The number of amides is 2. The molecule has 2 aliphatic rings. The molecule has 3 heterocycles. The third-order valence-electron chi connectivity index (χ3n) is 6.44. The summed E-state index contributed by atoms with van der Waals surface area (Å²) in [6.07, 6.45) is 7.85. The van der Waals surface area contributed by atoms with Crippen LogP contribution in [-0.2, 0) is 0 Å². The first-order valence-corrected chi connectivity index (χ1v) is 12.4. The number of carbonyl (C=O) groups is 1. The summed E-state index contributed by atoms with van der Waals surface area (Å²) in [4.78, 5) is 31.0. The third kappa shape index (κ3) is 4.20. The highest BCUT2D eigenvalue weighted by Crippen LogP contribution is 2.46. The number of nitrogens with one attached hydrogen (secondary N) is 3. The highest BCUT2D eigenvalue weighted by molar-refractivity contribution is 7.99. The molecule has 2 saturated carbocycles. The lowest BCUT2D eigenvalue weighted by Crippen LogP contribution is -2.37. The smallest absolute Gasteiger partial charge is 0.321 e. The fourth-order valence-electron chi connectivity index (χ4n) is 5.10. The number of aromatic amines is 1. The summed E-state index contributed by atoms with van der Waals surface area (Å²) in [5.74, 6) is 3.17. The summed E-state index contributed by atoms with van der Waals surface area (Å²) >= 11 is 2.80. The molecule has 0 aliphatic heterocycles. The van der Waals surface area contributed by atoms with E-state index >= 15 is 0 Å². The molecule has 3 aromatic rings. The predicted octanol–water partition coefficient (Wildman–Crippen LogP) is 3.74. The fraction of sp³-hybridized carbons (Fsp3) is 0.550. The van der Waals surface area contributed by atoms with Crippen LogP contribution >= 0.6 is 23.3 Å². The van der Waals surface area contributed by atoms with Gasteiger partial charge in [-0.2, -0.15) is 9.36 Å². The predicted molar refractivity (Wildman–Crippen MR) is 124 cm³/mol. The first-order valence-electron chi connectivity index (χ1n) is 10.7. The Balaban J connectivity index is 1.14. The number of anilines is 2. The number of fused-ring (bicyclic) bond motifs is 2. The van der Waals surface area contributed by atoms with E-state index in [9.17, 15) is 4.79 Å². The number of aromatic nitrogens is 5. The monoisotopic (exact) mass is 458 g/mol. The maximum atomic E-state index is 12.4. The van der Waals surface area contributed by atoms with Gasteiger partial charge in [0, 0.05) is 36.9 Å². The summed E-state index contributed by atoms with van der Waals surface area (Å²) < 4.78 is 4.24. The van der Waals surface area contributed by atoms with Crippen LogP contribution in [0.15, 0.2) is 23.7 Å². The molecule has 0 bridgehead atoms. The van der Waals surface area contributed by atoms with Crippen molar-refractivity contribution in [1.29, 1.82) is 0 Å². The van der Waals surface area contributed by atoms with Gasteiger partial charge in [-0.05, 0) is 49.3 Å². The largest absolute Gasteiger partial charge is 0.356 e. The van der Waals surface area contributed by atoms with Crippen molar-refractivity contribution < 1.29 is 4.79 Å². The third-order valence-corrected chi connectivity index (χ3v) is 7.92. The van der Waals surface area contributed by atoms with Crippen LogP contribution in [0.25, 0.3) is 11.0 Å². The molecule has 11 heteroatoms. The molecule has 5 rings (SSSR count). The molecule has 2 amide bonds. The number of hydrogen-bond donors (Lipinski definition) is 3. The molecule has 2 fully saturated rings. The van der Waals surface area contributed by atoms with E-state index in [1.54, 1.807) is 18.1 Å². The van der Waals surface area contributed by atoms with Gasteiger partial charge in [-0.25, -0.2) is 14.8 Å². The molecule has 2 aliphatic carbocycles. The molecule has 3 N–H and O–H groups in total. The number of carbonyl (C=O) groups excluding carboxylic acids is 1. The van der Waals surface area contributed by atoms with Crippen LogP contribution in [0.4, 0.5) is 15.7 Å². The van der Waals surface area contributed by atoms with E-state index in [4.69, 9.17) is 0 Å². The SMILES string of the molecule is CCSc1nsc(NC(=O)N[C@H]2CC3C[C@H](N(C)c4ncnc5[nH]ccc45)C[C@H]3C2)n1. The van der Waals surface area contributed by atoms with E-state index in [0.717, 1.165) is 48.3 Å². The van der Waals surface area contributed by atoms with Crippen LogP contribution in [0.5, 0.6) is 0 Å². The minimum Gasteiger partial charge on any atom is -0.356 e. The molecule has 0 spiro atoms. The second kappa shape index (κ2) is 8.62. The van der Waals surface area contributed by atoms with Crippen LogP contribution in [0, 0.1) is 11.8 Å². The van der Waals surface area contributed by atoms with E-state index in [0.29, 0.717) is 28.2 Å². The van der Waals surface area contributed by atoms with Gasteiger partial charge >= 0.3 is 6.03 Å². The molecule has 0 radical (unpaired) electrons. The van der Waals surface area contributed by atoms with Crippen LogP contribution in [0.3, 0.4) is 0 Å². The van der Waals surface area contributed by atoms with Gasteiger partial charge in [-0.15, -0.1) is 0 Å². The molecule has 164 valence electrons. The Kier molecular flexibility index (Phi) is 5.70. The van der Waals surface area contributed by atoms with Gasteiger partial charge in [-0.1, -0.05) is 18.7 Å². The van der Waals surface area contributed by atoms with Gasteiger partial charge in [0.2, 0.25) is 10.3 Å². The maximum Gasteiger partial charge on any atom is 0.321 e. The summed E-state index contributed by atoms with van der Waals surface area (Å²) in [5.41, 5.74) is 0.876. The first-order chi connectivity index (χ1) is 15.1. The Morgan fingerprint density at radius 2 is 2.10 bits per heavy atom. The van der Waals surface area contributed by atoms with Crippen molar-refractivity contribution >= 4 is 51.3 Å². The Morgan fingerprint density at radius 1 is 1.29 bits per heavy atom. The zero-order valence-electron chi connectivity index (χ0n) is 17.5. The van der Waals surface area contributed by atoms with Crippen molar-refractivity contribution in [2.45, 2.75) is 49.8 Å². The zero-order valence-corrected chi connectivity index (χ0v) is 19.2. The molecular formula is C20H26N8OS2. The minimum absolute atomic E-state index is 0.182. The normalized spacial score (nSPS) is 25.0. The van der Waals surface area contributed by atoms with Crippen molar-refractivity contribution in [2.24, 2.45) is 11.8 Å². The summed E-state index contributed by atoms with van der Waals surface area (Å²) in [6, 6.07) is 2.54. The lowest BCUT2D eigenvalue weighted by Gasteiger charge is -2.27. The van der Waals surface area contributed by atoms with Crippen LogP contribution in [0.1, 0.15) is 32.6 Å². The average molecular weight is 459 g/mol. The quantitative estimate of drug-likeness (QED) is 0.483. The highest BCUT2D eigenvalue weighted by Gasteiger charge is 2.43. The number of thioether (sulfide) groups is 1. The average Bonchev–Trinajstić information content (AvgIpc) is 3.51. The molecular weight excluding hydrogens is 432 g/mol. The molecule has 1 unspecified atom stereocenters. The number of H-pyrrole nitrogens is 1. The fourth-order valence-corrected chi connectivity index (χ4v) is 6.36. The topological polar surface area (TPSA) is 112 Å². The van der Waals surface area contributed by atoms with Gasteiger partial charge in [0.05, 0.1) is 5.39 Å². The summed E-state index contributed by atoms with van der Waals surface area (Å²) in [5, 5.41) is 8.30. The summed E-state index contributed by atoms with van der Waals surface area (Å²) in [6.45, 7) is 2.05. The van der Waals surface area contributed by atoms with Crippen molar-refractivity contribution in [3.63, 3.8) is 0 Å². The Bertz CT molecular complexity index is 1050. The van der Waals surface area contributed by atoms with E-state index in [1.807, 2.05) is 12.3 Å². The second-order valence-electron chi connectivity index (χ2n) is 8.28. The van der Waals surface area contributed by atoms with Gasteiger partial charge in [0.25, 0.3) is 0 Å².